The summed E-state index contributed by atoms with van der Waals surface area (Å²) in [6, 6.07) is 6.34. The van der Waals surface area contributed by atoms with Crippen molar-refractivity contribution in [1.29, 1.82) is 0 Å². The molecule has 0 spiro atoms. The molecule has 0 saturated carbocycles. The number of nitrogens with zero attached hydrogens (tertiary/aromatic N) is 2. The molecule has 1 aromatic carbocycles. The van der Waals surface area contributed by atoms with E-state index in [0.717, 1.165) is 29.6 Å². The average molecular weight is 315 g/mol. The Labute approximate surface area is 137 Å². The lowest BCUT2D eigenvalue weighted by Gasteiger charge is -2.35. The predicted molar refractivity (Wildman–Crippen MR) is 91.7 cm³/mol. The summed E-state index contributed by atoms with van der Waals surface area (Å²) in [5.41, 5.74) is 2.10. The van der Waals surface area contributed by atoms with Crippen LogP contribution in [0.3, 0.4) is 0 Å². The van der Waals surface area contributed by atoms with Crippen LogP contribution in [0.25, 0.3) is 10.9 Å². The molecule has 5 heteroatoms. The van der Waals surface area contributed by atoms with E-state index in [4.69, 9.17) is 4.74 Å². The van der Waals surface area contributed by atoms with Crippen molar-refractivity contribution in [3.63, 3.8) is 0 Å². The minimum absolute atomic E-state index is 0.120. The minimum Gasteiger partial charge on any atom is -0.396 e. The van der Waals surface area contributed by atoms with Gasteiger partial charge in [0.15, 0.2) is 0 Å². The number of aliphatic hydroxyl groups is 1. The SMILES string of the molecule is CC(C)c1ccc2ncnc(NCC3(CO)CCOCC3)c2c1. The maximum Gasteiger partial charge on any atom is 0.137 e. The molecule has 5 nitrogen and oxygen atoms in total. The molecule has 0 atom stereocenters. The standard InChI is InChI=1S/C18H25N3O2/c1-13(2)14-3-4-16-15(9-14)17(21-12-20-16)19-10-18(11-22)5-7-23-8-6-18/h3-4,9,12-13,22H,5-8,10-11H2,1-2H3,(H,19,20,21). The van der Waals surface area contributed by atoms with Gasteiger partial charge in [0.05, 0.1) is 12.1 Å². The first kappa shape index (κ1) is 16.1. The van der Waals surface area contributed by atoms with Crippen molar-refractivity contribution >= 4 is 16.7 Å². The lowest BCUT2D eigenvalue weighted by Crippen LogP contribution is -2.39. The number of fused-ring (bicyclic) bond motifs is 1. The van der Waals surface area contributed by atoms with Gasteiger partial charge in [-0.25, -0.2) is 9.97 Å². The third-order valence-electron chi connectivity index (χ3n) is 4.85. The normalized spacial score (nSPS) is 17.6. The number of ether oxygens (including phenoxy) is 1. The Morgan fingerprint density at radius 1 is 1.26 bits per heavy atom. The zero-order valence-electron chi connectivity index (χ0n) is 13.9. The van der Waals surface area contributed by atoms with Gasteiger partial charge in [0.25, 0.3) is 0 Å². The molecule has 0 amide bonds. The highest BCUT2D eigenvalue weighted by Crippen LogP contribution is 2.31. The summed E-state index contributed by atoms with van der Waals surface area (Å²) in [6.07, 6.45) is 3.34. The van der Waals surface area contributed by atoms with Gasteiger partial charge in [0, 0.05) is 30.6 Å². The highest BCUT2D eigenvalue weighted by molar-refractivity contribution is 5.89. The van der Waals surface area contributed by atoms with Crippen molar-refractivity contribution in [2.75, 3.05) is 31.7 Å². The monoisotopic (exact) mass is 315 g/mol. The number of nitrogens with one attached hydrogen (secondary N) is 1. The average Bonchev–Trinajstić information content (AvgIpc) is 2.60. The number of aromatic nitrogens is 2. The van der Waals surface area contributed by atoms with Crippen LogP contribution in [-0.4, -0.2) is 41.4 Å². The van der Waals surface area contributed by atoms with Crippen molar-refractivity contribution < 1.29 is 9.84 Å². The number of anilines is 1. The third-order valence-corrected chi connectivity index (χ3v) is 4.85. The first-order valence-corrected chi connectivity index (χ1v) is 8.31. The Morgan fingerprint density at radius 2 is 2.04 bits per heavy atom. The lowest BCUT2D eigenvalue weighted by atomic mass is 9.81. The van der Waals surface area contributed by atoms with E-state index >= 15 is 0 Å². The molecule has 1 saturated heterocycles. The second kappa shape index (κ2) is 6.81. The van der Waals surface area contributed by atoms with Gasteiger partial charge in [0.2, 0.25) is 0 Å². The number of rotatable bonds is 5. The van der Waals surface area contributed by atoms with Crippen LogP contribution < -0.4 is 5.32 Å². The molecule has 0 bridgehead atoms. The first-order valence-electron chi connectivity index (χ1n) is 8.31. The maximum atomic E-state index is 9.82. The van der Waals surface area contributed by atoms with E-state index in [1.807, 2.05) is 6.07 Å². The summed E-state index contributed by atoms with van der Waals surface area (Å²) < 4.78 is 5.43. The molecule has 2 aromatic rings. The molecule has 124 valence electrons. The van der Waals surface area contributed by atoms with Crippen LogP contribution in [0.2, 0.25) is 0 Å². The summed E-state index contributed by atoms with van der Waals surface area (Å²) in [5, 5.41) is 14.3. The molecule has 0 unspecified atom stereocenters. The van der Waals surface area contributed by atoms with Crippen LogP contribution in [0.1, 0.15) is 38.2 Å². The second-order valence-electron chi connectivity index (χ2n) is 6.78. The summed E-state index contributed by atoms with van der Waals surface area (Å²) in [5.74, 6) is 1.31. The second-order valence-corrected chi connectivity index (χ2v) is 6.78. The lowest BCUT2D eigenvalue weighted by molar-refractivity contribution is -0.00860. The van der Waals surface area contributed by atoms with Crippen LogP contribution >= 0.6 is 0 Å². The maximum absolute atomic E-state index is 9.82. The van der Waals surface area contributed by atoms with E-state index in [2.05, 4.69) is 41.3 Å². The Morgan fingerprint density at radius 3 is 2.74 bits per heavy atom. The van der Waals surface area contributed by atoms with Crippen LogP contribution in [0.5, 0.6) is 0 Å². The topological polar surface area (TPSA) is 67.3 Å². The highest BCUT2D eigenvalue weighted by Gasteiger charge is 2.32. The van der Waals surface area contributed by atoms with Crippen molar-refractivity contribution in [2.24, 2.45) is 5.41 Å². The summed E-state index contributed by atoms with van der Waals surface area (Å²) >= 11 is 0. The van der Waals surface area contributed by atoms with Gasteiger partial charge < -0.3 is 15.2 Å². The predicted octanol–water partition coefficient (Wildman–Crippen LogP) is 2.95. The van der Waals surface area contributed by atoms with Crippen molar-refractivity contribution in [2.45, 2.75) is 32.6 Å². The van der Waals surface area contributed by atoms with Crippen molar-refractivity contribution in [1.82, 2.24) is 9.97 Å². The van der Waals surface area contributed by atoms with Crippen molar-refractivity contribution in [3.05, 3.63) is 30.1 Å². The number of hydrogen-bond acceptors (Lipinski definition) is 5. The molecular formula is C18H25N3O2. The molecule has 1 aliphatic heterocycles. The zero-order valence-corrected chi connectivity index (χ0v) is 13.9. The number of hydrogen-bond donors (Lipinski definition) is 2. The Balaban J connectivity index is 1.85. The number of benzene rings is 1. The van der Waals surface area contributed by atoms with Gasteiger partial charge in [-0.15, -0.1) is 0 Å². The molecule has 1 aliphatic rings. The van der Waals surface area contributed by atoms with Gasteiger partial charge in [-0.2, -0.15) is 0 Å². The summed E-state index contributed by atoms with van der Waals surface area (Å²) in [7, 11) is 0. The van der Waals surface area contributed by atoms with Crippen LogP contribution in [0.15, 0.2) is 24.5 Å². The van der Waals surface area contributed by atoms with Gasteiger partial charge in [0.1, 0.15) is 12.1 Å². The van der Waals surface area contributed by atoms with E-state index in [0.29, 0.717) is 25.7 Å². The molecule has 2 heterocycles. The summed E-state index contributed by atoms with van der Waals surface area (Å²) in [4.78, 5) is 8.78. The molecule has 2 N–H and O–H groups in total. The Hall–Kier alpha value is -1.72. The Kier molecular flexibility index (Phi) is 4.78. The summed E-state index contributed by atoms with van der Waals surface area (Å²) in [6.45, 7) is 6.66. The number of aliphatic hydroxyl groups excluding tert-OH is 1. The molecule has 3 rings (SSSR count). The fraction of sp³-hybridized carbons (Fsp3) is 0.556. The van der Waals surface area contributed by atoms with Crippen LogP contribution in [0.4, 0.5) is 5.82 Å². The molecule has 0 aliphatic carbocycles. The Bertz CT molecular complexity index is 666. The molecule has 0 radical (unpaired) electrons. The molecular weight excluding hydrogens is 290 g/mol. The smallest absolute Gasteiger partial charge is 0.137 e. The minimum atomic E-state index is -0.120. The van der Waals surface area contributed by atoms with E-state index < -0.39 is 0 Å². The molecule has 1 aromatic heterocycles. The van der Waals surface area contributed by atoms with E-state index in [1.54, 1.807) is 6.33 Å². The van der Waals surface area contributed by atoms with Crippen LogP contribution in [-0.2, 0) is 4.74 Å². The highest BCUT2D eigenvalue weighted by atomic mass is 16.5. The fourth-order valence-corrected chi connectivity index (χ4v) is 3.04. The molecule has 23 heavy (non-hydrogen) atoms. The van der Waals surface area contributed by atoms with E-state index in [1.165, 1.54) is 5.56 Å². The van der Waals surface area contributed by atoms with Gasteiger partial charge in [-0.05, 0) is 36.5 Å². The zero-order chi connectivity index (χ0) is 16.3. The van der Waals surface area contributed by atoms with E-state index in [-0.39, 0.29) is 12.0 Å². The van der Waals surface area contributed by atoms with E-state index in [9.17, 15) is 5.11 Å². The van der Waals surface area contributed by atoms with Gasteiger partial charge in [-0.3, -0.25) is 0 Å². The largest absolute Gasteiger partial charge is 0.396 e. The van der Waals surface area contributed by atoms with Gasteiger partial charge >= 0.3 is 0 Å². The first-order chi connectivity index (χ1) is 11.1. The fourth-order valence-electron chi connectivity index (χ4n) is 3.04. The van der Waals surface area contributed by atoms with Gasteiger partial charge in [-0.1, -0.05) is 19.9 Å². The molecule has 1 fully saturated rings. The van der Waals surface area contributed by atoms with Crippen molar-refractivity contribution in [3.8, 4) is 0 Å². The quantitative estimate of drug-likeness (QED) is 0.888. The third kappa shape index (κ3) is 3.46. The van der Waals surface area contributed by atoms with Crippen LogP contribution in [0, 0.1) is 5.41 Å².